The van der Waals surface area contributed by atoms with Gasteiger partial charge in [-0.15, -0.1) is 0 Å². The van der Waals surface area contributed by atoms with Crippen LogP contribution in [-0.4, -0.2) is 4.98 Å². The minimum absolute atomic E-state index is 0.966. The summed E-state index contributed by atoms with van der Waals surface area (Å²) in [4.78, 5) is 4.56. The zero-order valence-electron chi connectivity index (χ0n) is 13.2. The molecule has 1 aliphatic rings. The van der Waals surface area contributed by atoms with Crippen molar-refractivity contribution in [1.82, 2.24) is 4.98 Å². The van der Waals surface area contributed by atoms with Crippen molar-refractivity contribution in [1.29, 1.82) is 0 Å². The molecule has 0 amide bonds. The molecular formula is C20H19N2+. The Morgan fingerprint density at radius 3 is 2.73 bits per heavy atom. The Labute approximate surface area is 131 Å². The van der Waals surface area contributed by atoms with Gasteiger partial charge in [0.1, 0.15) is 7.05 Å². The van der Waals surface area contributed by atoms with Crippen molar-refractivity contribution >= 4 is 0 Å². The lowest BCUT2D eigenvalue weighted by molar-refractivity contribution is -0.666. The number of fused-ring (bicyclic) bond motifs is 3. The third-order valence-corrected chi connectivity index (χ3v) is 4.66. The summed E-state index contributed by atoms with van der Waals surface area (Å²) in [7, 11) is 2.17. The summed E-state index contributed by atoms with van der Waals surface area (Å²) in [6.07, 6.45) is 2.85. The molecule has 0 aliphatic heterocycles. The van der Waals surface area contributed by atoms with E-state index in [1.54, 1.807) is 0 Å². The van der Waals surface area contributed by atoms with E-state index in [-0.39, 0.29) is 0 Å². The van der Waals surface area contributed by atoms with Crippen LogP contribution in [0.25, 0.3) is 22.5 Å². The number of hydrogen-bond donors (Lipinski definition) is 0. The summed E-state index contributed by atoms with van der Waals surface area (Å²) in [6, 6.07) is 15.3. The molecule has 4 rings (SSSR count). The lowest BCUT2D eigenvalue weighted by Gasteiger charge is -2.08. The van der Waals surface area contributed by atoms with Crippen molar-refractivity contribution < 1.29 is 4.57 Å². The molecule has 2 nitrogen and oxygen atoms in total. The van der Waals surface area contributed by atoms with Gasteiger partial charge >= 0.3 is 0 Å². The number of aromatic nitrogens is 2. The summed E-state index contributed by atoms with van der Waals surface area (Å²) >= 11 is 0. The van der Waals surface area contributed by atoms with Crippen LogP contribution in [0.3, 0.4) is 0 Å². The highest BCUT2D eigenvalue weighted by Crippen LogP contribution is 2.34. The van der Waals surface area contributed by atoms with E-state index in [0.717, 1.165) is 12.1 Å². The van der Waals surface area contributed by atoms with Crippen LogP contribution in [-0.2, 0) is 13.5 Å². The predicted octanol–water partition coefficient (Wildman–Crippen LogP) is 3.76. The maximum absolute atomic E-state index is 4.56. The molecule has 2 heteroatoms. The van der Waals surface area contributed by atoms with E-state index in [1.165, 1.54) is 39.2 Å². The van der Waals surface area contributed by atoms with Crippen LogP contribution >= 0.6 is 0 Å². The second kappa shape index (κ2) is 4.77. The van der Waals surface area contributed by atoms with Crippen LogP contribution in [0, 0.1) is 13.8 Å². The fraction of sp³-hybridized carbons (Fsp3) is 0.200. The van der Waals surface area contributed by atoms with E-state index in [4.69, 9.17) is 0 Å². The second-order valence-corrected chi connectivity index (χ2v) is 6.14. The molecule has 0 spiro atoms. The topological polar surface area (TPSA) is 16.8 Å². The van der Waals surface area contributed by atoms with Gasteiger partial charge in [0, 0.05) is 17.8 Å². The fourth-order valence-corrected chi connectivity index (χ4v) is 3.41. The van der Waals surface area contributed by atoms with E-state index < -0.39 is 0 Å². The average molecular weight is 287 g/mol. The van der Waals surface area contributed by atoms with Crippen molar-refractivity contribution in [3.05, 3.63) is 71.0 Å². The Balaban J connectivity index is 1.92. The third kappa shape index (κ3) is 1.87. The maximum atomic E-state index is 4.56. The van der Waals surface area contributed by atoms with Crippen molar-refractivity contribution in [2.24, 2.45) is 7.05 Å². The lowest BCUT2D eigenvalue weighted by atomic mass is 10.0. The minimum Gasteiger partial charge on any atom is -0.256 e. The van der Waals surface area contributed by atoms with Crippen LogP contribution in [0.15, 0.2) is 48.7 Å². The van der Waals surface area contributed by atoms with Gasteiger partial charge in [0.2, 0.25) is 5.69 Å². The molecule has 0 bridgehead atoms. The quantitative estimate of drug-likeness (QED) is 0.487. The molecule has 3 aromatic rings. The number of aryl methyl sites for hydroxylation is 2. The molecule has 0 N–H and O–H groups in total. The first-order valence-electron chi connectivity index (χ1n) is 7.69. The molecule has 1 aliphatic carbocycles. The number of pyridine rings is 2. The Morgan fingerprint density at radius 2 is 1.86 bits per heavy atom. The lowest BCUT2D eigenvalue weighted by Crippen LogP contribution is -2.36. The molecule has 0 fully saturated rings. The molecule has 1 aromatic carbocycles. The van der Waals surface area contributed by atoms with Crippen LogP contribution in [0.4, 0.5) is 0 Å². The monoisotopic (exact) mass is 287 g/mol. The highest BCUT2D eigenvalue weighted by atomic mass is 15.0. The third-order valence-electron chi connectivity index (χ3n) is 4.66. The Kier molecular flexibility index (Phi) is 2.86. The van der Waals surface area contributed by atoms with Crippen molar-refractivity contribution in [2.45, 2.75) is 20.3 Å². The number of benzene rings is 1. The summed E-state index contributed by atoms with van der Waals surface area (Å²) in [6.45, 7) is 4.33. The summed E-state index contributed by atoms with van der Waals surface area (Å²) in [5, 5.41) is 0. The molecule has 108 valence electrons. The van der Waals surface area contributed by atoms with Gasteiger partial charge in [0.25, 0.3) is 0 Å². The van der Waals surface area contributed by atoms with Crippen molar-refractivity contribution in [3.8, 4) is 22.5 Å². The van der Waals surface area contributed by atoms with E-state index >= 15 is 0 Å². The standard InChI is InChI=1S/C20H19N2/c1-13-6-7-14(2)17(11-13)18-9-8-16-19(22(18)3)12-15-5-4-10-21-20(15)16/h4-11H,12H2,1-3H3/q+1. The molecule has 0 atom stereocenters. The molecule has 22 heavy (non-hydrogen) atoms. The van der Waals surface area contributed by atoms with E-state index in [2.05, 4.69) is 66.8 Å². The fourth-order valence-electron chi connectivity index (χ4n) is 3.41. The van der Waals surface area contributed by atoms with Gasteiger partial charge in [-0.2, -0.15) is 4.57 Å². The Bertz CT molecular complexity index is 894. The molecule has 0 unspecified atom stereocenters. The van der Waals surface area contributed by atoms with E-state index in [1.807, 2.05) is 12.3 Å². The number of nitrogens with zero attached hydrogens (tertiary/aromatic N) is 2. The average Bonchev–Trinajstić information content (AvgIpc) is 2.90. The van der Waals surface area contributed by atoms with Crippen molar-refractivity contribution in [3.63, 3.8) is 0 Å². The maximum Gasteiger partial charge on any atom is 0.212 e. The van der Waals surface area contributed by atoms with Crippen molar-refractivity contribution in [2.75, 3.05) is 0 Å². The molecule has 2 heterocycles. The second-order valence-electron chi connectivity index (χ2n) is 6.14. The van der Waals surface area contributed by atoms with Crippen LogP contribution in [0.2, 0.25) is 0 Å². The van der Waals surface area contributed by atoms with Gasteiger partial charge in [-0.05, 0) is 43.2 Å². The predicted molar refractivity (Wildman–Crippen MR) is 88.6 cm³/mol. The highest BCUT2D eigenvalue weighted by molar-refractivity contribution is 5.72. The van der Waals surface area contributed by atoms with Gasteiger partial charge < -0.3 is 0 Å². The van der Waals surface area contributed by atoms with Gasteiger partial charge in [-0.3, -0.25) is 4.98 Å². The molecule has 0 saturated carbocycles. The first-order chi connectivity index (χ1) is 10.6. The molecular weight excluding hydrogens is 268 g/mol. The summed E-state index contributed by atoms with van der Waals surface area (Å²) in [5.74, 6) is 0. The molecule has 0 saturated heterocycles. The van der Waals surface area contributed by atoms with Crippen LogP contribution in [0.1, 0.15) is 22.4 Å². The Morgan fingerprint density at radius 1 is 1.00 bits per heavy atom. The van der Waals surface area contributed by atoms with Gasteiger partial charge in [0.05, 0.1) is 17.7 Å². The summed E-state index contributed by atoms with van der Waals surface area (Å²) < 4.78 is 2.33. The van der Waals surface area contributed by atoms with Gasteiger partial charge in [0.15, 0.2) is 5.69 Å². The largest absolute Gasteiger partial charge is 0.256 e. The summed E-state index contributed by atoms with van der Waals surface area (Å²) in [5.41, 5.74) is 10.3. The first kappa shape index (κ1) is 13.2. The van der Waals surface area contributed by atoms with Gasteiger partial charge in [-0.1, -0.05) is 23.8 Å². The van der Waals surface area contributed by atoms with Crippen LogP contribution < -0.4 is 4.57 Å². The van der Waals surface area contributed by atoms with E-state index in [9.17, 15) is 0 Å². The van der Waals surface area contributed by atoms with E-state index in [0.29, 0.717) is 0 Å². The molecule has 2 aromatic heterocycles. The minimum atomic E-state index is 0.966. The highest BCUT2D eigenvalue weighted by Gasteiger charge is 2.29. The normalized spacial score (nSPS) is 12.1. The van der Waals surface area contributed by atoms with Gasteiger partial charge in [-0.25, -0.2) is 0 Å². The first-order valence-corrected chi connectivity index (χ1v) is 7.69. The zero-order chi connectivity index (χ0) is 15.3. The zero-order valence-corrected chi connectivity index (χ0v) is 13.2. The molecule has 0 radical (unpaired) electrons. The number of rotatable bonds is 1. The van der Waals surface area contributed by atoms with Crippen LogP contribution in [0.5, 0.6) is 0 Å². The Hall–Kier alpha value is -2.48. The SMILES string of the molecule is Cc1ccc(C)c(-c2ccc3c([n+]2C)Cc2cccnc2-3)c1. The number of hydrogen-bond acceptors (Lipinski definition) is 1. The smallest absolute Gasteiger partial charge is 0.212 e.